The second-order valence-electron chi connectivity index (χ2n) is 2.85. The number of anilines is 1. The number of benzene rings is 1. The van der Waals surface area contributed by atoms with E-state index in [0.29, 0.717) is 0 Å². The van der Waals surface area contributed by atoms with Crippen molar-refractivity contribution in [3.8, 4) is 0 Å². The van der Waals surface area contributed by atoms with Gasteiger partial charge in [-0.3, -0.25) is 10.5 Å². The number of hydrazine groups is 1. The van der Waals surface area contributed by atoms with Crippen molar-refractivity contribution in [2.45, 2.75) is 13.5 Å². The molecule has 2 aromatic rings. The van der Waals surface area contributed by atoms with Crippen LogP contribution in [0.1, 0.15) is 6.92 Å². The Kier molecular flexibility index (Phi) is 1.90. The van der Waals surface area contributed by atoms with Crippen LogP contribution in [0.25, 0.3) is 10.9 Å². The number of rotatable bonds is 2. The molecule has 13 heavy (non-hydrogen) atoms. The Labute approximate surface area is 76.3 Å². The Hall–Kier alpha value is -1.55. The number of hydrogen-bond acceptors (Lipinski definition) is 3. The quantitative estimate of drug-likeness (QED) is 0.536. The zero-order valence-corrected chi connectivity index (χ0v) is 7.49. The minimum atomic E-state index is 0.849. The molecule has 0 radical (unpaired) electrons. The van der Waals surface area contributed by atoms with E-state index in [1.165, 1.54) is 0 Å². The van der Waals surface area contributed by atoms with Crippen molar-refractivity contribution < 1.29 is 0 Å². The molecule has 0 saturated heterocycles. The highest BCUT2D eigenvalue weighted by molar-refractivity contribution is 5.90. The zero-order valence-electron chi connectivity index (χ0n) is 7.49. The molecule has 1 heterocycles. The summed E-state index contributed by atoms with van der Waals surface area (Å²) in [4.78, 5) is 0. The lowest BCUT2D eigenvalue weighted by Crippen LogP contribution is -2.08. The summed E-state index contributed by atoms with van der Waals surface area (Å²) in [6, 6.07) is 5.92. The summed E-state index contributed by atoms with van der Waals surface area (Å²) in [5.41, 5.74) is 4.65. The Balaban J connectivity index is 2.76. The predicted molar refractivity (Wildman–Crippen MR) is 53.2 cm³/mol. The van der Waals surface area contributed by atoms with Gasteiger partial charge >= 0.3 is 0 Å². The molecular weight excluding hydrogens is 164 g/mol. The van der Waals surface area contributed by atoms with Crippen LogP contribution in [0.3, 0.4) is 0 Å². The van der Waals surface area contributed by atoms with E-state index in [0.717, 1.165) is 23.1 Å². The fourth-order valence-corrected chi connectivity index (χ4v) is 1.50. The van der Waals surface area contributed by atoms with E-state index in [1.54, 1.807) is 0 Å². The van der Waals surface area contributed by atoms with E-state index >= 15 is 0 Å². The van der Waals surface area contributed by atoms with Crippen molar-refractivity contribution in [1.82, 2.24) is 9.78 Å². The number of hydrogen-bond donors (Lipinski definition) is 2. The Morgan fingerprint density at radius 2 is 2.38 bits per heavy atom. The first-order chi connectivity index (χ1) is 6.36. The Morgan fingerprint density at radius 1 is 1.54 bits per heavy atom. The smallest absolute Gasteiger partial charge is 0.0926 e. The van der Waals surface area contributed by atoms with Gasteiger partial charge in [0.2, 0.25) is 0 Å². The van der Waals surface area contributed by atoms with Crippen LogP contribution in [0.5, 0.6) is 0 Å². The number of fused-ring (bicyclic) bond motifs is 1. The molecule has 0 bridgehead atoms. The predicted octanol–water partition coefficient (Wildman–Crippen LogP) is 1.34. The Morgan fingerprint density at radius 3 is 3.08 bits per heavy atom. The topological polar surface area (TPSA) is 55.9 Å². The molecule has 0 fully saturated rings. The second-order valence-corrected chi connectivity index (χ2v) is 2.85. The van der Waals surface area contributed by atoms with E-state index < -0.39 is 0 Å². The lowest BCUT2D eigenvalue weighted by Gasteiger charge is -2.04. The van der Waals surface area contributed by atoms with Gasteiger partial charge in [0, 0.05) is 11.9 Å². The summed E-state index contributed by atoms with van der Waals surface area (Å²) in [6.07, 6.45) is 1.85. The first-order valence-corrected chi connectivity index (χ1v) is 4.28. The molecule has 4 heteroatoms. The van der Waals surface area contributed by atoms with Gasteiger partial charge in [0.15, 0.2) is 0 Å². The van der Waals surface area contributed by atoms with Gasteiger partial charge in [0.1, 0.15) is 0 Å². The standard InChI is InChI=1S/C9H12N4/c1-2-13-9-7(6-11-13)4-3-5-8(9)12-10/h3-6,12H,2,10H2,1H3. The highest BCUT2D eigenvalue weighted by Gasteiger charge is 2.04. The molecule has 4 nitrogen and oxygen atoms in total. The molecule has 1 aromatic carbocycles. The van der Waals surface area contributed by atoms with Crippen molar-refractivity contribution in [2.75, 3.05) is 5.43 Å². The van der Waals surface area contributed by atoms with Gasteiger partial charge in [-0.05, 0) is 13.0 Å². The van der Waals surface area contributed by atoms with Crippen LogP contribution in [-0.2, 0) is 6.54 Å². The van der Waals surface area contributed by atoms with E-state index in [4.69, 9.17) is 5.84 Å². The number of nitrogens with zero attached hydrogens (tertiary/aromatic N) is 2. The maximum Gasteiger partial charge on any atom is 0.0926 e. The van der Waals surface area contributed by atoms with Gasteiger partial charge in [0.05, 0.1) is 17.4 Å². The second kappa shape index (κ2) is 3.06. The number of nitrogen functional groups attached to an aromatic ring is 1. The van der Waals surface area contributed by atoms with Crippen LogP contribution in [0.15, 0.2) is 24.4 Å². The van der Waals surface area contributed by atoms with Crippen LogP contribution >= 0.6 is 0 Å². The molecule has 0 spiro atoms. The fourth-order valence-electron chi connectivity index (χ4n) is 1.50. The fraction of sp³-hybridized carbons (Fsp3) is 0.222. The summed E-state index contributed by atoms with van der Waals surface area (Å²) in [6.45, 7) is 2.90. The van der Waals surface area contributed by atoms with Crippen LogP contribution in [0.2, 0.25) is 0 Å². The van der Waals surface area contributed by atoms with Gasteiger partial charge in [0.25, 0.3) is 0 Å². The highest BCUT2D eigenvalue weighted by Crippen LogP contribution is 2.21. The van der Waals surface area contributed by atoms with Gasteiger partial charge in [-0.2, -0.15) is 5.10 Å². The minimum absolute atomic E-state index is 0.849. The molecular formula is C9H12N4. The van der Waals surface area contributed by atoms with Crippen molar-refractivity contribution >= 4 is 16.6 Å². The first-order valence-electron chi connectivity index (χ1n) is 4.28. The summed E-state index contributed by atoms with van der Waals surface area (Å²) in [7, 11) is 0. The molecule has 1 aromatic heterocycles. The highest BCUT2D eigenvalue weighted by atomic mass is 15.3. The maximum atomic E-state index is 5.41. The molecule has 0 aliphatic carbocycles. The van der Waals surface area contributed by atoms with Crippen molar-refractivity contribution in [3.05, 3.63) is 24.4 Å². The summed E-state index contributed by atoms with van der Waals surface area (Å²) in [5.74, 6) is 5.41. The summed E-state index contributed by atoms with van der Waals surface area (Å²) in [5, 5.41) is 5.35. The monoisotopic (exact) mass is 176 g/mol. The van der Waals surface area contributed by atoms with Gasteiger partial charge < -0.3 is 5.43 Å². The number of aromatic nitrogens is 2. The molecule has 0 atom stereocenters. The van der Waals surface area contributed by atoms with Gasteiger partial charge in [-0.1, -0.05) is 12.1 Å². The maximum absolute atomic E-state index is 5.41. The van der Waals surface area contributed by atoms with E-state index in [1.807, 2.05) is 29.1 Å². The van der Waals surface area contributed by atoms with E-state index in [-0.39, 0.29) is 0 Å². The molecule has 0 amide bonds. The lowest BCUT2D eigenvalue weighted by atomic mass is 10.2. The molecule has 68 valence electrons. The summed E-state index contributed by atoms with van der Waals surface area (Å²) >= 11 is 0. The van der Waals surface area contributed by atoms with Crippen LogP contribution in [-0.4, -0.2) is 9.78 Å². The third-order valence-corrected chi connectivity index (χ3v) is 2.12. The van der Waals surface area contributed by atoms with Crippen molar-refractivity contribution in [1.29, 1.82) is 0 Å². The third kappa shape index (κ3) is 1.15. The van der Waals surface area contributed by atoms with E-state index in [2.05, 4.69) is 17.4 Å². The molecule has 0 saturated carbocycles. The molecule has 0 aliphatic heterocycles. The van der Waals surface area contributed by atoms with Crippen molar-refractivity contribution in [2.24, 2.45) is 5.84 Å². The molecule has 2 rings (SSSR count). The largest absolute Gasteiger partial charge is 0.322 e. The number of nitrogens with two attached hydrogens (primary N) is 1. The molecule has 3 N–H and O–H groups in total. The van der Waals surface area contributed by atoms with Crippen LogP contribution < -0.4 is 11.3 Å². The lowest BCUT2D eigenvalue weighted by molar-refractivity contribution is 0.684. The van der Waals surface area contributed by atoms with Gasteiger partial charge in [-0.25, -0.2) is 0 Å². The van der Waals surface area contributed by atoms with Crippen LogP contribution in [0.4, 0.5) is 5.69 Å². The summed E-state index contributed by atoms with van der Waals surface area (Å²) < 4.78 is 1.92. The average molecular weight is 176 g/mol. The average Bonchev–Trinajstić information content (AvgIpc) is 2.60. The van der Waals surface area contributed by atoms with Crippen molar-refractivity contribution in [3.63, 3.8) is 0 Å². The normalized spacial score (nSPS) is 10.6. The minimum Gasteiger partial charge on any atom is -0.322 e. The van der Waals surface area contributed by atoms with E-state index in [9.17, 15) is 0 Å². The Bertz CT molecular complexity index is 418. The van der Waals surface area contributed by atoms with Gasteiger partial charge in [-0.15, -0.1) is 0 Å². The van der Waals surface area contributed by atoms with Crippen LogP contribution in [0, 0.1) is 0 Å². The number of nitrogens with one attached hydrogen (secondary N) is 1. The molecule has 0 aliphatic rings. The third-order valence-electron chi connectivity index (χ3n) is 2.12. The SMILES string of the molecule is CCn1ncc2cccc(NN)c21. The number of aryl methyl sites for hydroxylation is 1. The molecule has 0 unspecified atom stereocenters. The first kappa shape index (κ1) is 8.07. The zero-order chi connectivity index (χ0) is 9.26. The number of para-hydroxylation sites is 1.